The van der Waals surface area contributed by atoms with E-state index in [1.165, 1.54) is 12.1 Å². The van der Waals surface area contributed by atoms with Crippen LogP contribution in [0.3, 0.4) is 0 Å². The molecule has 0 amide bonds. The Morgan fingerprint density at radius 3 is 2.27 bits per heavy atom. The smallest absolute Gasteiger partial charge is 0.290 e. The second-order valence-corrected chi connectivity index (χ2v) is 8.18. The zero-order valence-corrected chi connectivity index (χ0v) is 15.5. The Morgan fingerprint density at radius 1 is 1.18 bits per heavy atom. The Labute approximate surface area is 149 Å². The van der Waals surface area contributed by atoms with Crippen molar-refractivity contribution in [2.75, 3.05) is 0 Å². The largest absolute Gasteiger partial charge is 0.503 e. The van der Waals surface area contributed by atoms with Gasteiger partial charge in [0.25, 0.3) is 9.84 Å². The number of rotatable bonds is 2. The van der Waals surface area contributed by atoms with Crippen LogP contribution in [0.5, 0.6) is 0 Å². The summed E-state index contributed by atoms with van der Waals surface area (Å²) in [7, 11) is -5.59. The summed E-state index contributed by atoms with van der Waals surface area (Å²) in [4.78, 5) is 3.33. The van der Waals surface area contributed by atoms with E-state index in [1.54, 1.807) is 0 Å². The Kier molecular flexibility index (Phi) is 4.90. The number of imidazole rings is 1. The van der Waals surface area contributed by atoms with Gasteiger partial charge in [-0.1, -0.05) is 23.2 Å². The molecule has 0 fully saturated rings. The molecule has 0 atom stereocenters. The fourth-order valence-corrected chi connectivity index (χ4v) is 4.75. The van der Waals surface area contributed by atoms with Gasteiger partial charge in [-0.15, -0.1) is 0 Å². The summed E-state index contributed by atoms with van der Waals surface area (Å²) in [6.45, 7) is 0. The van der Waals surface area contributed by atoms with Crippen LogP contribution in [-0.4, -0.2) is 23.5 Å². The van der Waals surface area contributed by atoms with E-state index in [2.05, 4.69) is 36.8 Å². The number of benzene rings is 1. The monoisotopic (exact) mass is 500 g/mol. The van der Waals surface area contributed by atoms with E-state index < -0.39 is 25.0 Å². The van der Waals surface area contributed by atoms with E-state index in [-0.39, 0.29) is 10.7 Å². The van der Waals surface area contributed by atoms with Crippen molar-refractivity contribution in [1.82, 2.24) is 9.55 Å². The molecule has 0 unspecified atom stereocenters. The minimum absolute atomic E-state index is 0.0911. The van der Waals surface area contributed by atoms with E-state index in [9.17, 15) is 21.6 Å². The van der Waals surface area contributed by atoms with Crippen LogP contribution in [0.1, 0.15) is 0 Å². The van der Waals surface area contributed by atoms with Gasteiger partial charge in [-0.3, -0.25) is 4.57 Å². The molecule has 12 heteroatoms. The number of hydrogen-bond donors (Lipinski definition) is 0. The van der Waals surface area contributed by atoms with Crippen LogP contribution in [0.25, 0.3) is 5.69 Å². The van der Waals surface area contributed by atoms with Crippen molar-refractivity contribution in [1.29, 1.82) is 0 Å². The van der Waals surface area contributed by atoms with Crippen LogP contribution in [0, 0.1) is 0 Å². The third-order valence-electron chi connectivity index (χ3n) is 2.46. The zero-order valence-electron chi connectivity index (χ0n) is 10.00. The molecule has 1 heterocycles. The fraction of sp³-hybridized carbons (Fsp3) is 0.100. The van der Waals surface area contributed by atoms with Gasteiger partial charge in [-0.05, 0) is 44.0 Å². The maximum atomic E-state index is 12.6. The Bertz CT molecular complexity index is 829. The molecule has 0 saturated heterocycles. The van der Waals surface area contributed by atoms with Crippen LogP contribution in [0.2, 0.25) is 10.0 Å². The summed E-state index contributed by atoms with van der Waals surface area (Å²) in [5.74, 6) is 0. The van der Waals surface area contributed by atoms with Crippen molar-refractivity contribution in [3.05, 3.63) is 37.6 Å². The average Bonchev–Trinajstić information content (AvgIpc) is 2.69. The SMILES string of the molecule is O=S(=O)(c1ncn(-c2c(Cl)cc(Cl)cc2Br)c1Br)C(F)(F)F. The number of hydrogen-bond acceptors (Lipinski definition) is 3. The first-order valence-electron chi connectivity index (χ1n) is 5.16. The molecule has 0 radical (unpaired) electrons. The van der Waals surface area contributed by atoms with Gasteiger partial charge in [0.1, 0.15) is 10.9 Å². The molecule has 0 aliphatic heterocycles. The average molecular weight is 503 g/mol. The second-order valence-electron chi connectivity index (χ2n) is 3.88. The third kappa shape index (κ3) is 3.03. The summed E-state index contributed by atoms with van der Waals surface area (Å²) in [5.41, 5.74) is -5.27. The number of sulfone groups is 1. The fourth-order valence-electron chi connectivity index (χ4n) is 1.53. The normalized spacial score (nSPS) is 12.7. The summed E-state index contributed by atoms with van der Waals surface area (Å²) < 4.78 is 61.7. The summed E-state index contributed by atoms with van der Waals surface area (Å²) in [6.07, 6.45) is 0.905. The molecule has 0 aliphatic rings. The highest BCUT2D eigenvalue weighted by atomic mass is 79.9. The van der Waals surface area contributed by atoms with Gasteiger partial charge in [0.05, 0.1) is 10.7 Å². The lowest BCUT2D eigenvalue weighted by Crippen LogP contribution is -2.24. The first-order valence-corrected chi connectivity index (χ1v) is 8.98. The number of halogens is 7. The van der Waals surface area contributed by atoms with Crippen molar-refractivity contribution in [3.63, 3.8) is 0 Å². The molecule has 2 rings (SSSR count). The highest BCUT2D eigenvalue weighted by molar-refractivity contribution is 9.11. The molecule has 1 aromatic carbocycles. The summed E-state index contributed by atoms with van der Waals surface area (Å²) >= 11 is 17.8. The minimum Gasteiger partial charge on any atom is -0.290 e. The van der Waals surface area contributed by atoms with Crippen molar-refractivity contribution in [2.45, 2.75) is 10.5 Å². The van der Waals surface area contributed by atoms with Gasteiger partial charge in [-0.25, -0.2) is 13.4 Å². The molecule has 0 N–H and O–H groups in total. The van der Waals surface area contributed by atoms with Gasteiger partial charge >= 0.3 is 5.51 Å². The van der Waals surface area contributed by atoms with Crippen LogP contribution in [-0.2, 0) is 9.84 Å². The summed E-state index contributed by atoms with van der Waals surface area (Å²) in [5, 5.41) is -0.772. The van der Waals surface area contributed by atoms with Crippen LogP contribution < -0.4 is 0 Å². The van der Waals surface area contributed by atoms with Crippen LogP contribution >= 0.6 is 55.1 Å². The van der Waals surface area contributed by atoms with Crippen LogP contribution in [0.4, 0.5) is 13.2 Å². The van der Waals surface area contributed by atoms with Crippen molar-refractivity contribution >= 4 is 64.9 Å². The van der Waals surface area contributed by atoms with Crippen molar-refractivity contribution in [2.24, 2.45) is 0 Å². The Balaban J connectivity index is 2.69. The van der Waals surface area contributed by atoms with Gasteiger partial charge in [0.2, 0.25) is 0 Å². The Hall–Kier alpha value is -0.290. The molecule has 1 aromatic heterocycles. The first-order chi connectivity index (χ1) is 9.96. The molecule has 4 nitrogen and oxygen atoms in total. The molecule has 0 saturated carbocycles. The predicted molar refractivity (Wildman–Crippen MR) is 82.2 cm³/mol. The van der Waals surface area contributed by atoms with E-state index in [0.717, 1.165) is 10.9 Å². The maximum absolute atomic E-state index is 12.6. The number of aromatic nitrogens is 2. The molecule has 120 valence electrons. The van der Waals surface area contributed by atoms with Gasteiger partial charge in [0.15, 0.2) is 5.03 Å². The van der Waals surface area contributed by atoms with Gasteiger partial charge in [0, 0.05) is 9.50 Å². The molecule has 0 spiro atoms. The van der Waals surface area contributed by atoms with Gasteiger partial charge in [-0.2, -0.15) is 13.2 Å². The Morgan fingerprint density at radius 2 is 1.77 bits per heavy atom. The second kappa shape index (κ2) is 5.97. The predicted octanol–water partition coefficient (Wildman–Crippen LogP) is 5.00. The van der Waals surface area contributed by atoms with E-state index in [0.29, 0.717) is 9.50 Å². The quantitative estimate of drug-likeness (QED) is 0.581. The maximum Gasteiger partial charge on any atom is 0.503 e. The molecular formula is C10H3Br2Cl2F3N2O2S. The number of nitrogens with zero attached hydrogens (tertiary/aromatic N) is 2. The lowest BCUT2D eigenvalue weighted by atomic mass is 10.3. The van der Waals surface area contributed by atoms with E-state index >= 15 is 0 Å². The van der Waals surface area contributed by atoms with E-state index in [4.69, 9.17) is 23.2 Å². The van der Waals surface area contributed by atoms with Gasteiger partial charge < -0.3 is 0 Å². The topological polar surface area (TPSA) is 52.0 Å². The lowest BCUT2D eigenvalue weighted by Gasteiger charge is -2.11. The minimum atomic E-state index is -5.59. The number of alkyl halides is 3. The molecule has 0 bridgehead atoms. The van der Waals surface area contributed by atoms with Crippen LogP contribution in [0.15, 0.2) is 32.6 Å². The zero-order chi connectivity index (χ0) is 16.9. The summed E-state index contributed by atoms with van der Waals surface area (Å²) in [6, 6.07) is 2.81. The highest BCUT2D eigenvalue weighted by Crippen LogP contribution is 2.38. The molecular weight excluding hydrogens is 500 g/mol. The lowest BCUT2D eigenvalue weighted by molar-refractivity contribution is -0.0438. The van der Waals surface area contributed by atoms with E-state index in [1.807, 2.05) is 0 Å². The molecule has 22 heavy (non-hydrogen) atoms. The highest BCUT2D eigenvalue weighted by Gasteiger charge is 2.49. The third-order valence-corrected chi connectivity index (χ3v) is 6.01. The standard InChI is InChI=1S/C10H3Br2Cl2F3N2O2S/c11-5-1-4(13)2-6(14)7(5)19-3-18-9(8(19)12)22(20,21)10(15,16)17/h1-3H. The van der Waals surface area contributed by atoms with Crippen molar-refractivity contribution in [3.8, 4) is 5.69 Å². The van der Waals surface area contributed by atoms with Crippen molar-refractivity contribution < 1.29 is 21.6 Å². The molecule has 2 aromatic rings. The first kappa shape index (κ1) is 18.1. The molecule has 0 aliphatic carbocycles.